The topological polar surface area (TPSA) is 58.2 Å². The SMILES string of the molecule is C#CC(CCC)NS(=O)(=O)CCC1CCCCN1. The van der Waals surface area contributed by atoms with E-state index in [-0.39, 0.29) is 11.8 Å². The molecule has 0 aromatic carbocycles. The molecule has 104 valence electrons. The standard InChI is InChI=1S/C13H24N2O2S/c1-3-7-12(4-2)15-18(16,17)11-9-13-8-5-6-10-14-13/h2,12-15H,3,5-11H2,1H3. The molecule has 1 aliphatic heterocycles. The Hall–Kier alpha value is -0.570. The first-order chi connectivity index (χ1) is 8.57. The van der Waals surface area contributed by atoms with E-state index in [9.17, 15) is 8.42 Å². The van der Waals surface area contributed by atoms with Gasteiger partial charge >= 0.3 is 0 Å². The molecular formula is C13H24N2O2S. The maximum absolute atomic E-state index is 11.9. The molecule has 0 bridgehead atoms. The summed E-state index contributed by atoms with van der Waals surface area (Å²) in [6.45, 7) is 2.99. The van der Waals surface area contributed by atoms with Gasteiger partial charge in [-0.3, -0.25) is 0 Å². The molecule has 2 atom stereocenters. The average Bonchev–Trinajstić information content (AvgIpc) is 2.37. The second kappa shape index (κ2) is 7.78. The van der Waals surface area contributed by atoms with Crippen LogP contribution in [-0.4, -0.2) is 32.8 Å². The Morgan fingerprint density at radius 3 is 2.83 bits per heavy atom. The van der Waals surface area contributed by atoms with Gasteiger partial charge < -0.3 is 5.32 Å². The molecule has 1 saturated heterocycles. The van der Waals surface area contributed by atoms with Crippen LogP contribution in [0.5, 0.6) is 0 Å². The first-order valence-electron chi connectivity index (χ1n) is 6.77. The molecule has 0 aromatic rings. The summed E-state index contributed by atoms with van der Waals surface area (Å²) in [5.41, 5.74) is 0. The molecule has 1 rings (SSSR count). The van der Waals surface area contributed by atoms with Crippen molar-refractivity contribution in [2.75, 3.05) is 12.3 Å². The third kappa shape index (κ3) is 5.85. The first-order valence-corrected chi connectivity index (χ1v) is 8.42. The van der Waals surface area contributed by atoms with Gasteiger partial charge in [-0.05, 0) is 32.2 Å². The first kappa shape index (κ1) is 15.5. The van der Waals surface area contributed by atoms with Crippen LogP contribution >= 0.6 is 0 Å². The molecule has 1 fully saturated rings. The number of sulfonamides is 1. The highest BCUT2D eigenvalue weighted by atomic mass is 32.2. The molecule has 0 spiro atoms. The minimum Gasteiger partial charge on any atom is -0.314 e. The number of terminal acetylenes is 1. The molecule has 0 aliphatic carbocycles. The fourth-order valence-corrected chi connectivity index (χ4v) is 3.54. The molecule has 5 heteroatoms. The predicted molar refractivity (Wildman–Crippen MR) is 74.7 cm³/mol. The molecule has 0 saturated carbocycles. The van der Waals surface area contributed by atoms with Crippen LogP contribution in [0.2, 0.25) is 0 Å². The molecule has 0 aromatic heterocycles. The minimum absolute atomic E-state index is 0.159. The molecule has 18 heavy (non-hydrogen) atoms. The van der Waals surface area contributed by atoms with E-state index < -0.39 is 10.0 Å². The summed E-state index contributed by atoms with van der Waals surface area (Å²) >= 11 is 0. The van der Waals surface area contributed by atoms with E-state index in [4.69, 9.17) is 6.42 Å². The van der Waals surface area contributed by atoms with E-state index in [1.807, 2.05) is 6.92 Å². The largest absolute Gasteiger partial charge is 0.314 e. The van der Waals surface area contributed by atoms with Crippen LogP contribution in [0.25, 0.3) is 0 Å². The van der Waals surface area contributed by atoms with Gasteiger partial charge in [0.25, 0.3) is 0 Å². The van der Waals surface area contributed by atoms with Crippen LogP contribution in [0.3, 0.4) is 0 Å². The highest BCUT2D eigenvalue weighted by molar-refractivity contribution is 7.89. The number of nitrogens with one attached hydrogen (secondary N) is 2. The van der Waals surface area contributed by atoms with Gasteiger partial charge in [0.05, 0.1) is 11.8 Å². The zero-order valence-corrected chi connectivity index (χ0v) is 11.9. The molecule has 1 aliphatic rings. The van der Waals surface area contributed by atoms with Crippen LogP contribution in [-0.2, 0) is 10.0 Å². The lowest BCUT2D eigenvalue weighted by atomic mass is 10.0. The molecule has 2 unspecified atom stereocenters. The second-order valence-electron chi connectivity index (χ2n) is 4.88. The maximum Gasteiger partial charge on any atom is 0.212 e. The Morgan fingerprint density at radius 1 is 1.50 bits per heavy atom. The van der Waals surface area contributed by atoms with Gasteiger partial charge in [-0.1, -0.05) is 25.7 Å². The zero-order valence-electron chi connectivity index (χ0n) is 11.1. The Labute approximate surface area is 111 Å². The van der Waals surface area contributed by atoms with Crippen LogP contribution in [0.4, 0.5) is 0 Å². The predicted octanol–water partition coefficient (Wildman–Crippen LogP) is 1.24. The van der Waals surface area contributed by atoms with Crippen molar-refractivity contribution in [2.45, 2.75) is 57.5 Å². The van der Waals surface area contributed by atoms with E-state index in [1.54, 1.807) is 0 Å². The normalized spacial score (nSPS) is 22.3. The van der Waals surface area contributed by atoms with Crippen molar-refractivity contribution in [1.29, 1.82) is 0 Å². The van der Waals surface area contributed by atoms with Crippen molar-refractivity contribution in [3.63, 3.8) is 0 Å². The number of rotatable bonds is 7. The maximum atomic E-state index is 11.9. The van der Waals surface area contributed by atoms with E-state index in [0.29, 0.717) is 18.9 Å². The van der Waals surface area contributed by atoms with E-state index in [2.05, 4.69) is 16.0 Å². The highest BCUT2D eigenvalue weighted by Crippen LogP contribution is 2.11. The fourth-order valence-electron chi connectivity index (χ4n) is 2.21. The molecule has 0 amide bonds. The van der Waals surface area contributed by atoms with Crippen LogP contribution in [0.1, 0.15) is 45.4 Å². The Bertz CT molecular complexity index is 367. The second-order valence-corrected chi connectivity index (χ2v) is 6.75. The third-order valence-corrected chi connectivity index (χ3v) is 4.66. The summed E-state index contributed by atoms with van der Waals surface area (Å²) in [5, 5.41) is 3.35. The van der Waals surface area contributed by atoms with E-state index in [1.165, 1.54) is 12.8 Å². The molecule has 1 heterocycles. The van der Waals surface area contributed by atoms with Gasteiger partial charge in [-0.15, -0.1) is 6.42 Å². The van der Waals surface area contributed by atoms with E-state index in [0.717, 1.165) is 19.4 Å². The summed E-state index contributed by atoms with van der Waals surface area (Å²) in [7, 11) is -3.25. The molecule has 4 nitrogen and oxygen atoms in total. The van der Waals surface area contributed by atoms with Gasteiger partial charge in [-0.25, -0.2) is 13.1 Å². The third-order valence-electron chi connectivity index (χ3n) is 3.25. The summed E-state index contributed by atoms with van der Waals surface area (Å²) in [6.07, 6.45) is 11.0. The van der Waals surface area contributed by atoms with Crippen molar-refractivity contribution in [3.8, 4) is 12.3 Å². The van der Waals surface area contributed by atoms with Gasteiger partial charge in [0.1, 0.15) is 0 Å². The molecule has 2 N–H and O–H groups in total. The van der Waals surface area contributed by atoms with Gasteiger partial charge in [-0.2, -0.15) is 0 Å². The van der Waals surface area contributed by atoms with Gasteiger partial charge in [0.15, 0.2) is 0 Å². The van der Waals surface area contributed by atoms with Crippen LogP contribution in [0, 0.1) is 12.3 Å². The number of hydrogen-bond acceptors (Lipinski definition) is 3. The van der Waals surface area contributed by atoms with Gasteiger partial charge in [0.2, 0.25) is 10.0 Å². The summed E-state index contributed by atoms with van der Waals surface area (Å²) in [4.78, 5) is 0. The summed E-state index contributed by atoms with van der Waals surface area (Å²) in [6, 6.07) is -0.0231. The number of hydrogen-bond donors (Lipinski definition) is 2. The zero-order chi connectivity index (χ0) is 13.4. The Balaban J connectivity index is 2.36. The minimum atomic E-state index is -3.25. The summed E-state index contributed by atoms with van der Waals surface area (Å²) < 4.78 is 26.4. The van der Waals surface area contributed by atoms with Crippen LogP contribution < -0.4 is 10.0 Å². The lowest BCUT2D eigenvalue weighted by molar-refractivity contribution is 0.392. The molecular weight excluding hydrogens is 248 g/mol. The Kier molecular flexibility index (Phi) is 6.69. The van der Waals surface area contributed by atoms with Crippen molar-refractivity contribution in [2.24, 2.45) is 0 Å². The van der Waals surface area contributed by atoms with Crippen molar-refractivity contribution in [1.82, 2.24) is 10.0 Å². The molecule has 0 radical (unpaired) electrons. The van der Waals surface area contributed by atoms with E-state index >= 15 is 0 Å². The van der Waals surface area contributed by atoms with Crippen molar-refractivity contribution < 1.29 is 8.42 Å². The lowest BCUT2D eigenvalue weighted by Gasteiger charge is -2.23. The highest BCUT2D eigenvalue weighted by Gasteiger charge is 2.19. The summed E-state index contributed by atoms with van der Waals surface area (Å²) in [5.74, 6) is 2.65. The van der Waals surface area contributed by atoms with Crippen molar-refractivity contribution in [3.05, 3.63) is 0 Å². The van der Waals surface area contributed by atoms with Crippen molar-refractivity contribution >= 4 is 10.0 Å². The van der Waals surface area contributed by atoms with Gasteiger partial charge in [0, 0.05) is 6.04 Å². The quantitative estimate of drug-likeness (QED) is 0.686. The monoisotopic (exact) mass is 272 g/mol. The fraction of sp³-hybridized carbons (Fsp3) is 0.846. The Morgan fingerprint density at radius 2 is 2.28 bits per heavy atom. The number of piperidine rings is 1. The lowest BCUT2D eigenvalue weighted by Crippen LogP contribution is -2.39. The van der Waals surface area contributed by atoms with Crippen LogP contribution in [0.15, 0.2) is 0 Å². The smallest absolute Gasteiger partial charge is 0.212 e. The average molecular weight is 272 g/mol.